The van der Waals surface area contributed by atoms with Gasteiger partial charge in [0.15, 0.2) is 5.60 Å². The van der Waals surface area contributed by atoms with E-state index in [9.17, 15) is 13.2 Å². The monoisotopic (exact) mass is 533 g/mol. The highest BCUT2D eigenvalue weighted by molar-refractivity contribution is 7.89. The quantitative estimate of drug-likeness (QED) is 0.496. The molecule has 1 aromatic heterocycles. The molecule has 38 heavy (non-hydrogen) atoms. The van der Waals surface area contributed by atoms with Crippen molar-refractivity contribution >= 4 is 15.9 Å². The van der Waals surface area contributed by atoms with E-state index in [1.807, 2.05) is 74.3 Å². The highest BCUT2D eigenvalue weighted by Crippen LogP contribution is 2.44. The van der Waals surface area contributed by atoms with Gasteiger partial charge in [0.25, 0.3) is 5.91 Å². The van der Waals surface area contributed by atoms with Crippen LogP contribution in [0.2, 0.25) is 0 Å². The van der Waals surface area contributed by atoms with Crippen LogP contribution in [-0.2, 0) is 31.8 Å². The van der Waals surface area contributed by atoms with E-state index in [0.717, 1.165) is 47.3 Å². The number of carbonyl (C=O) groups is 1. The van der Waals surface area contributed by atoms with E-state index in [2.05, 4.69) is 10.6 Å². The number of fused-ring (bicyclic) bond motifs is 3. The van der Waals surface area contributed by atoms with Crippen LogP contribution in [0.1, 0.15) is 48.6 Å². The maximum Gasteiger partial charge on any atom is 0.260 e. The number of para-hydroxylation sites is 1. The Kier molecular flexibility index (Phi) is 6.05. The van der Waals surface area contributed by atoms with Gasteiger partial charge >= 0.3 is 0 Å². The molecule has 2 fully saturated rings. The second-order valence-electron chi connectivity index (χ2n) is 11.4. The lowest BCUT2D eigenvalue weighted by Crippen LogP contribution is -2.48. The standard InChI is InChI=1S/C30H35N3O4S/c1-22-10-11-23(2)26(19-22)38(35,36)32-17-13-30(14-18-32)12-16-31(21-30)28(34)29(3)27-9-6-15-33(27)25-8-5-4-7-24(25)20-37-29/h4-11,15,19H,12-14,16-18,20-21H2,1-3H3. The summed E-state index contributed by atoms with van der Waals surface area (Å²) in [5.74, 6) is -0.0208. The lowest BCUT2D eigenvalue weighted by atomic mass is 9.78. The van der Waals surface area contributed by atoms with Crippen molar-refractivity contribution in [3.63, 3.8) is 0 Å². The lowest BCUT2D eigenvalue weighted by molar-refractivity contribution is -0.159. The lowest BCUT2D eigenvalue weighted by Gasteiger charge is -2.39. The molecule has 3 aliphatic rings. The molecule has 7 nitrogen and oxygen atoms in total. The summed E-state index contributed by atoms with van der Waals surface area (Å²) in [5.41, 5.74) is 3.49. The molecule has 2 aromatic carbocycles. The van der Waals surface area contributed by atoms with Gasteiger partial charge in [-0.05, 0) is 80.8 Å². The van der Waals surface area contributed by atoms with Crippen LogP contribution >= 0.6 is 0 Å². The fourth-order valence-corrected chi connectivity index (χ4v) is 8.21. The second kappa shape index (κ2) is 9.07. The molecule has 1 unspecified atom stereocenters. The smallest absolute Gasteiger partial charge is 0.260 e. The third-order valence-electron chi connectivity index (χ3n) is 8.88. The van der Waals surface area contributed by atoms with Crippen LogP contribution in [0.4, 0.5) is 0 Å². The summed E-state index contributed by atoms with van der Waals surface area (Å²) in [7, 11) is -3.55. The first-order valence-corrected chi connectivity index (χ1v) is 14.8. The molecule has 0 bridgehead atoms. The van der Waals surface area contributed by atoms with E-state index in [1.165, 1.54) is 0 Å². The zero-order valence-corrected chi connectivity index (χ0v) is 23.1. The number of benzene rings is 2. The zero-order chi connectivity index (χ0) is 26.7. The first-order valence-electron chi connectivity index (χ1n) is 13.4. The third kappa shape index (κ3) is 4.01. The number of nitrogens with zero attached hydrogens (tertiary/aromatic N) is 3. The van der Waals surface area contributed by atoms with E-state index < -0.39 is 15.6 Å². The summed E-state index contributed by atoms with van der Waals surface area (Å²) in [5, 5.41) is 0. The summed E-state index contributed by atoms with van der Waals surface area (Å²) >= 11 is 0. The van der Waals surface area contributed by atoms with Crippen LogP contribution in [0.15, 0.2) is 65.7 Å². The first-order chi connectivity index (χ1) is 18.1. The number of rotatable bonds is 3. The van der Waals surface area contributed by atoms with Gasteiger partial charge in [0.2, 0.25) is 10.0 Å². The molecule has 1 atom stereocenters. The average molecular weight is 534 g/mol. The maximum atomic E-state index is 14.1. The normalized spacial score (nSPS) is 23.2. The number of hydrogen-bond acceptors (Lipinski definition) is 4. The van der Waals surface area contributed by atoms with Crippen LogP contribution in [0, 0.1) is 19.3 Å². The van der Waals surface area contributed by atoms with E-state index >= 15 is 0 Å². The SMILES string of the molecule is Cc1ccc(C)c(S(=O)(=O)N2CCC3(CCN(C(=O)C4(C)OCc5ccccc5-n5cccc54)C3)CC2)c1. The number of hydrogen-bond donors (Lipinski definition) is 0. The molecule has 2 saturated heterocycles. The van der Waals surface area contributed by atoms with Crippen molar-refractivity contribution in [2.45, 2.75) is 57.1 Å². The molecular weight excluding hydrogens is 498 g/mol. The van der Waals surface area contributed by atoms with Gasteiger partial charge in [0.05, 0.1) is 22.9 Å². The summed E-state index contributed by atoms with van der Waals surface area (Å²) < 4.78 is 37.0. The molecule has 0 saturated carbocycles. The van der Waals surface area contributed by atoms with Crippen LogP contribution < -0.4 is 0 Å². The average Bonchev–Trinajstić information content (AvgIpc) is 3.54. The van der Waals surface area contributed by atoms with Crippen molar-refractivity contribution in [3.8, 4) is 5.69 Å². The molecule has 3 aliphatic heterocycles. The van der Waals surface area contributed by atoms with Gasteiger partial charge < -0.3 is 14.2 Å². The topological polar surface area (TPSA) is 71.8 Å². The van der Waals surface area contributed by atoms with Crippen molar-refractivity contribution in [2.75, 3.05) is 26.2 Å². The van der Waals surface area contributed by atoms with E-state index in [4.69, 9.17) is 4.74 Å². The Labute approximate surface area is 225 Å². The molecule has 0 radical (unpaired) electrons. The third-order valence-corrected chi connectivity index (χ3v) is 10.9. The summed E-state index contributed by atoms with van der Waals surface area (Å²) in [4.78, 5) is 16.4. The van der Waals surface area contributed by atoms with Gasteiger partial charge in [0, 0.05) is 37.9 Å². The number of amides is 1. The predicted octanol–water partition coefficient (Wildman–Crippen LogP) is 4.54. The number of ether oxygens (including phenoxy) is 1. The van der Waals surface area contributed by atoms with Crippen molar-refractivity contribution in [1.82, 2.24) is 13.8 Å². The molecular formula is C30H35N3O4S. The summed E-state index contributed by atoms with van der Waals surface area (Å²) in [6.07, 6.45) is 4.37. The molecule has 1 amide bonds. The summed E-state index contributed by atoms with van der Waals surface area (Å²) in [6.45, 7) is 8.27. The Bertz CT molecular complexity index is 1500. The van der Waals surface area contributed by atoms with Crippen LogP contribution in [0.25, 0.3) is 5.69 Å². The van der Waals surface area contributed by atoms with Crippen LogP contribution in [0.5, 0.6) is 0 Å². The number of likely N-dealkylation sites (tertiary alicyclic amines) is 1. The summed E-state index contributed by atoms with van der Waals surface area (Å²) in [6, 6.07) is 17.6. The fourth-order valence-electron chi connectivity index (χ4n) is 6.46. The molecule has 0 N–H and O–H groups in total. The van der Waals surface area contributed by atoms with Crippen molar-refractivity contribution in [3.05, 3.63) is 83.2 Å². The second-order valence-corrected chi connectivity index (χ2v) is 13.3. The number of piperidine rings is 1. The largest absolute Gasteiger partial charge is 0.354 e. The molecule has 1 spiro atoms. The maximum absolute atomic E-state index is 14.1. The van der Waals surface area contributed by atoms with Gasteiger partial charge in [-0.15, -0.1) is 0 Å². The van der Waals surface area contributed by atoms with Crippen molar-refractivity contribution in [1.29, 1.82) is 0 Å². The number of aromatic nitrogens is 1. The highest BCUT2D eigenvalue weighted by atomic mass is 32.2. The molecule has 3 aromatic rings. The Morgan fingerprint density at radius 3 is 2.47 bits per heavy atom. The van der Waals surface area contributed by atoms with Crippen molar-refractivity contribution in [2.24, 2.45) is 5.41 Å². The van der Waals surface area contributed by atoms with E-state index in [0.29, 0.717) is 37.7 Å². The van der Waals surface area contributed by atoms with Gasteiger partial charge in [-0.3, -0.25) is 4.79 Å². The van der Waals surface area contributed by atoms with E-state index in [-0.39, 0.29) is 11.3 Å². The Morgan fingerprint density at radius 1 is 0.947 bits per heavy atom. The molecule has 200 valence electrons. The van der Waals surface area contributed by atoms with Gasteiger partial charge in [0.1, 0.15) is 0 Å². The van der Waals surface area contributed by atoms with Crippen LogP contribution in [-0.4, -0.2) is 54.3 Å². The number of sulfonamides is 1. The molecule has 8 heteroatoms. The fraction of sp³-hybridized carbons (Fsp3) is 0.433. The highest BCUT2D eigenvalue weighted by Gasteiger charge is 2.49. The number of aryl methyl sites for hydroxylation is 2. The van der Waals surface area contributed by atoms with Crippen LogP contribution in [0.3, 0.4) is 0 Å². The van der Waals surface area contributed by atoms with Gasteiger partial charge in [-0.1, -0.05) is 30.3 Å². The zero-order valence-electron chi connectivity index (χ0n) is 22.3. The van der Waals surface area contributed by atoms with Crippen molar-refractivity contribution < 1.29 is 17.9 Å². The van der Waals surface area contributed by atoms with Gasteiger partial charge in [-0.2, -0.15) is 4.31 Å². The van der Waals surface area contributed by atoms with E-state index in [1.54, 1.807) is 10.4 Å². The molecule has 0 aliphatic carbocycles. The Morgan fingerprint density at radius 2 is 1.68 bits per heavy atom. The minimum absolute atomic E-state index is 0.0208. The molecule has 6 rings (SSSR count). The Hall–Kier alpha value is -2.94. The predicted molar refractivity (Wildman–Crippen MR) is 145 cm³/mol. The minimum atomic E-state index is -3.55. The van der Waals surface area contributed by atoms with Gasteiger partial charge in [-0.25, -0.2) is 8.42 Å². The Balaban J connectivity index is 1.19. The minimum Gasteiger partial charge on any atom is -0.354 e. The number of carbonyl (C=O) groups excluding carboxylic acids is 1. The first kappa shape index (κ1) is 25.3. The molecule has 4 heterocycles.